The summed E-state index contributed by atoms with van der Waals surface area (Å²) in [6, 6.07) is 5.32. The van der Waals surface area contributed by atoms with E-state index < -0.39 is 17.0 Å². The van der Waals surface area contributed by atoms with E-state index in [-0.39, 0.29) is 30.3 Å². The third-order valence-electron chi connectivity index (χ3n) is 5.16. The Hall–Kier alpha value is -3.47. The number of morpholine rings is 1. The zero-order valence-corrected chi connectivity index (χ0v) is 18.4. The number of amides is 3. The van der Waals surface area contributed by atoms with E-state index >= 15 is 0 Å². The lowest BCUT2D eigenvalue weighted by Crippen LogP contribution is -2.49. The highest BCUT2D eigenvalue weighted by atomic mass is 16.6. The number of nitrogens with zero attached hydrogens (tertiary/aromatic N) is 4. The second-order valence-electron chi connectivity index (χ2n) is 7.89. The summed E-state index contributed by atoms with van der Waals surface area (Å²) in [5.41, 5.74) is 1.05. The molecule has 0 saturated carbocycles. The van der Waals surface area contributed by atoms with E-state index in [1.165, 1.54) is 23.0 Å². The van der Waals surface area contributed by atoms with Gasteiger partial charge in [0, 0.05) is 31.4 Å². The van der Waals surface area contributed by atoms with Crippen LogP contribution in [0.4, 0.5) is 16.2 Å². The predicted octanol–water partition coefficient (Wildman–Crippen LogP) is 2.70. The fourth-order valence-corrected chi connectivity index (χ4v) is 3.74. The van der Waals surface area contributed by atoms with Gasteiger partial charge in [-0.3, -0.25) is 19.6 Å². The van der Waals surface area contributed by atoms with E-state index in [1.54, 1.807) is 23.2 Å². The van der Waals surface area contributed by atoms with Gasteiger partial charge in [-0.1, -0.05) is 19.1 Å². The number of aromatic nitrogens is 2. The first-order valence-electron chi connectivity index (χ1n) is 10.5. The van der Waals surface area contributed by atoms with Crippen LogP contribution < -0.4 is 10.6 Å². The fourth-order valence-electron chi connectivity index (χ4n) is 3.74. The van der Waals surface area contributed by atoms with Crippen molar-refractivity contribution in [2.75, 3.05) is 18.4 Å². The molecular formula is C21H28N6O5. The van der Waals surface area contributed by atoms with Crippen LogP contribution in [0.25, 0.3) is 0 Å². The van der Waals surface area contributed by atoms with E-state index in [0.717, 1.165) is 0 Å². The van der Waals surface area contributed by atoms with Gasteiger partial charge < -0.3 is 20.3 Å². The molecule has 1 saturated heterocycles. The van der Waals surface area contributed by atoms with Crippen LogP contribution in [-0.2, 0) is 16.1 Å². The van der Waals surface area contributed by atoms with E-state index in [0.29, 0.717) is 30.8 Å². The number of nitro benzene ring substituents is 1. The summed E-state index contributed by atoms with van der Waals surface area (Å²) >= 11 is 0. The Labute approximate surface area is 185 Å². The molecule has 3 amide bonds. The number of urea groups is 1. The van der Waals surface area contributed by atoms with Gasteiger partial charge in [0.15, 0.2) is 0 Å². The molecule has 2 heterocycles. The summed E-state index contributed by atoms with van der Waals surface area (Å²) in [7, 11) is 0. The molecule has 2 N–H and O–H groups in total. The number of nitro groups is 1. The van der Waals surface area contributed by atoms with Gasteiger partial charge in [-0.05, 0) is 25.8 Å². The van der Waals surface area contributed by atoms with Crippen LogP contribution in [0.3, 0.4) is 0 Å². The van der Waals surface area contributed by atoms with Gasteiger partial charge in [0.25, 0.3) is 5.69 Å². The largest absolute Gasteiger partial charge is 0.372 e. The predicted molar refractivity (Wildman–Crippen MR) is 117 cm³/mol. The van der Waals surface area contributed by atoms with Gasteiger partial charge in [-0.15, -0.1) is 0 Å². The molecule has 11 nitrogen and oxygen atoms in total. The van der Waals surface area contributed by atoms with Gasteiger partial charge >= 0.3 is 6.03 Å². The molecule has 1 aromatic heterocycles. The molecule has 3 atom stereocenters. The van der Waals surface area contributed by atoms with Crippen molar-refractivity contribution in [2.24, 2.45) is 0 Å². The highest BCUT2D eigenvalue weighted by molar-refractivity contribution is 5.89. The van der Waals surface area contributed by atoms with Gasteiger partial charge in [-0.2, -0.15) is 5.10 Å². The van der Waals surface area contributed by atoms with Crippen molar-refractivity contribution in [1.82, 2.24) is 20.0 Å². The van der Waals surface area contributed by atoms with Crippen LogP contribution in [0, 0.1) is 10.1 Å². The van der Waals surface area contributed by atoms with Gasteiger partial charge in [0.2, 0.25) is 5.91 Å². The Balaban J connectivity index is 1.56. The van der Waals surface area contributed by atoms with Crippen LogP contribution in [0.1, 0.15) is 38.8 Å². The molecule has 0 aliphatic carbocycles. The molecule has 2 aromatic rings. The summed E-state index contributed by atoms with van der Waals surface area (Å²) in [5, 5.41) is 20.7. The second kappa shape index (κ2) is 10.2. The number of rotatable bonds is 7. The van der Waals surface area contributed by atoms with Gasteiger partial charge in [0.05, 0.1) is 35.1 Å². The maximum Gasteiger partial charge on any atom is 0.319 e. The Bertz CT molecular complexity index is 967. The van der Waals surface area contributed by atoms with Crippen LogP contribution in [0.5, 0.6) is 0 Å². The average Bonchev–Trinajstić information content (AvgIpc) is 3.17. The van der Waals surface area contributed by atoms with Crippen molar-refractivity contribution in [1.29, 1.82) is 0 Å². The van der Waals surface area contributed by atoms with Crippen molar-refractivity contribution < 1.29 is 19.2 Å². The average molecular weight is 444 g/mol. The lowest BCUT2D eigenvalue weighted by atomic mass is 10.0. The fraction of sp³-hybridized carbons (Fsp3) is 0.476. The van der Waals surface area contributed by atoms with E-state index in [9.17, 15) is 19.7 Å². The van der Waals surface area contributed by atoms with Crippen LogP contribution in [-0.4, -0.2) is 56.8 Å². The van der Waals surface area contributed by atoms with Crippen LogP contribution in [0.15, 0.2) is 36.7 Å². The molecule has 3 rings (SSSR count). The van der Waals surface area contributed by atoms with Gasteiger partial charge in [-0.25, -0.2) is 4.79 Å². The molecule has 172 valence electrons. The summed E-state index contributed by atoms with van der Waals surface area (Å²) in [6.45, 7) is 6.88. The molecule has 1 aliphatic heterocycles. The number of nitrogens with one attached hydrogen (secondary N) is 2. The number of carbonyl (C=O) groups is 2. The highest BCUT2D eigenvalue weighted by Gasteiger charge is 2.26. The molecule has 32 heavy (non-hydrogen) atoms. The Morgan fingerprint density at radius 1 is 1.31 bits per heavy atom. The minimum atomic E-state index is -0.468. The third-order valence-corrected chi connectivity index (χ3v) is 5.16. The maximum absolute atomic E-state index is 12.6. The molecule has 1 aliphatic rings. The Morgan fingerprint density at radius 2 is 2.03 bits per heavy atom. The number of carbonyl (C=O) groups excluding carboxylic acids is 2. The van der Waals surface area contributed by atoms with Crippen molar-refractivity contribution >= 4 is 23.3 Å². The number of benzene rings is 1. The lowest BCUT2D eigenvalue weighted by Gasteiger charge is -2.35. The first kappa shape index (κ1) is 23.2. The summed E-state index contributed by atoms with van der Waals surface area (Å²) < 4.78 is 7.12. The highest BCUT2D eigenvalue weighted by Crippen LogP contribution is 2.22. The molecular weight excluding hydrogens is 416 g/mol. The number of non-ortho nitro benzene ring substituents is 1. The number of hydrogen-bond acceptors (Lipinski definition) is 6. The normalized spacial score (nSPS) is 19.3. The SMILES string of the molecule is CC[C@@H](NC(=O)Nc1cnn(CC(=O)N2CC(C)OC(C)C2)c1)c1cccc([N+](=O)[O-])c1. The molecule has 1 aromatic carbocycles. The minimum Gasteiger partial charge on any atom is -0.372 e. The maximum atomic E-state index is 12.6. The zero-order chi connectivity index (χ0) is 23.3. The molecule has 1 fully saturated rings. The van der Waals surface area contributed by atoms with E-state index in [2.05, 4.69) is 15.7 Å². The van der Waals surface area contributed by atoms with Crippen LogP contribution in [0.2, 0.25) is 0 Å². The Morgan fingerprint density at radius 3 is 2.69 bits per heavy atom. The van der Waals surface area contributed by atoms with Crippen LogP contribution >= 0.6 is 0 Å². The number of hydrogen-bond donors (Lipinski definition) is 2. The van der Waals surface area contributed by atoms with Crippen molar-refractivity contribution in [3.8, 4) is 0 Å². The second-order valence-corrected chi connectivity index (χ2v) is 7.89. The first-order chi connectivity index (χ1) is 15.2. The van der Waals surface area contributed by atoms with E-state index in [4.69, 9.17) is 4.74 Å². The minimum absolute atomic E-state index is 0.0150. The smallest absolute Gasteiger partial charge is 0.319 e. The third kappa shape index (κ3) is 6.03. The number of anilines is 1. The quantitative estimate of drug-likeness (QED) is 0.499. The summed E-state index contributed by atoms with van der Waals surface area (Å²) in [6.07, 6.45) is 3.57. The summed E-state index contributed by atoms with van der Waals surface area (Å²) in [5.74, 6) is -0.0668. The lowest BCUT2D eigenvalue weighted by molar-refractivity contribution is -0.384. The van der Waals surface area contributed by atoms with Crippen molar-refractivity contribution in [3.05, 3.63) is 52.3 Å². The molecule has 0 spiro atoms. The molecule has 2 unspecified atom stereocenters. The number of ether oxygens (including phenoxy) is 1. The Kier molecular flexibility index (Phi) is 7.41. The van der Waals surface area contributed by atoms with E-state index in [1.807, 2.05) is 20.8 Å². The van der Waals surface area contributed by atoms with Gasteiger partial charge in [0.1, 0.15) is 6.54 Å². The monoisotopic (exact) mass is 444 g/mol. The van der Waals surface area contributed by atoms with Crippen molar-refractivity contribution in [3.63, 3.8) is 0 Å². The first-order valence-corrected chi connectivity index (χ1v) is 10.5. The molecule has 0 bridgehead atoms. The zero-order valence-electron chi connectivity index (χ0n) is 18.4. The van der Waals surface area contributed by atoms with Crippen molar-refractivity contribution in [2.45, 2.75) is 52.0 Å². The molecule has 11 heteroatoms. The topological polar surface area (TPSA) is 132 Å². The summed E-state index contributed by atoms with van der Waals surface area (Å²) in [4.78, 5) is 37.3. The molecule has 0 radical (unpaired) electrons. The standard InChI is InChI=1S/C21H28N6O5/c1-4-19(16-6-5-7-18(8-16)27(30)31)24-21(29)23-17-9-22-26(12-17)13-20(28)25-10-14(2)32-15(3)11-25/h5-9,12,14-15,19H,4,10-11,13H2,1-3H3,(H2,23,24,29)/t14?,15?,19-/m1/s1.